The third-order valence-corrected chi connectivity index (χ3v) is 4.79. The van der Waals surface area contributed by atoms with Gasteiger partial charge in [0.25, 0.3) is 0 Å². The second-order valence-corrected chi connectivity index (χ2v) is 5.77. The van der Waals surface area contributed by atoms with Gasteiger partial charge in [-0.3, -0.25) is 10.7 Å². The molecule has 1 spiro atoms. The van der Waals surface area contributed by atoms with Crippen LogP contribution in [-0.4, -0.2) is 52.9 Å². The van der Waals surface area contributed by atoms with Gasteiger partial charge in [-0.25, -0.2) is 4.79 Å². The van der Waals surface area contributed by atoms with Gasteiger partial charge in [0.1, 0.15) is 11.4 Å². The van der Waals surface area contributed by atoms with E-state index < -0.39 is 0 Å². The van der Waals surface area contributed by atoms with E-state index in [9.17, 15) is 4.79 Å². The van der Waals surface area contributed by atoms with Gasteiger partial charge in [0.15, 0.2) is 0 Å². The van der Waals surface area contributed by atoms with Crippen LogP contribution in [0.15, 0.2) is 0 Å². The van der Waals surface area contributed by atoms with Crippen molar-refractivity contribution in [2.45, 2.75) is 50.6 Å². The molecule has 5 nitrogen and oxygen atoms in total. The van der Waals surface area contributed by atoms with Crippen LogP contribution in [0.2, 0.25) is 0 Å². The highest BCUT2D eigenvalue weighted by Gasteiger charge is 2.53. The second kappa shape index (κ2) is 4.23. The number of amides is 2. The first kappa shape index (κ1) is 12.0. The van der Waals surface area contributed by atoms with Gasteiger partial charge in [-0.15, -0.1) is 0 Å². The number of piperidine rings is 1. The molecular formula is C13H22N4O. The zero-order valence-electron chi connectivity index (χ0n) is 11.0. The number of urea groups is 1. The maximum Gasteiger partial charge on any atom is 0.323 e. The fourth-order valence-corrected chi connectivity index (χ4v) is 3.87. The molecule has 100 valence electrons. The molecule has 0 saturated carbocycles. The van der Waals surface area contributed by atoms with E-state index in [0.717, 1.165) is 32.4 Å². The molecule has 2 unspecified atom stereocenters. The summed E-state index contributed by atoms with van der Waals surface area (Å²) >= 11 is 0. The van der Waals surface area contributed by atoms with Crippen molar-refractivity contribution in [3.63, 3.8) is 0 Å². The Morgan fingerprint density at radius 2 is 2.33 bits per heavy atom. The molecule has 3 saturated heterocycles. The van der Waals surface area contributed by atoms with Crippen LogP contribution in [0.25, 0.3) is 0 Å². The molecule has 3 heterocycles. The molecule has 0 bridgehead atoms. The minimum atomic E-state index is -0.321. The Morgan fingerprint density at radius 3 is 3.11 bits per heavy atom. The van der Waals surface area contributed by atoms with E-state index in [1.54, 1.807) is 0 Å². The van der Waals surface area contributed by atoms with Gasteiger partial charge < -0.3 is 9.80 Å². The molecule has 2 atom stereocenters. The van der Waals surface area contributed by atoms with E-state index in [1.807, 2.05) is 4.90 Å². The van der Waals surface area contributed by atoms with Crippen LogP contribution in [0.4, 0.5) is 4.79 Å². The predicted molar refractivity (Wildman–Crippen MR) is 69.8 cm³/mol. The van der Waals surface area contributed by atoms with Gasteiger partial charge in [0.2, 0.25) is 0 Å². The lowest BCUT2D eigenvalue weighted by atomic mass is 9.81. The molecule has 5 heteroatoms. The molecule has 18 heavy (non-hydrogen) atoms. The van der Waals surface area contributed by atoms with E-state index in [4.69, 9.17) is 5.41 Å². The summed E-state index contributed by atoms with van der Waals surface area (Å²) in [6.07, 6.45) is 5.31. The first-order valence-electron chi connectivity index (χ1n) is 7.09. The van der Waals surface area contributed by atoms with Crippen LogP contribution in [0.1, 0.15) is 39.0 Å². The number of carbonyl (C=O) groups is 1. The normalized spacial score (nSPS) is 36.3. The van der Waals surface area contributed by atoms with Crippen LogP contribution in [-0.2, 0) is 0 Å². The van der Waals surface area contributed by atoms with Gasteiger partial charge in [-0.05, 0) is 38.6 Å². The summed E-state index contributed by atoms with van der Waals surface area (Å²) in [4.78, 5) is 16.5. The van der Waals surface area contributed by atoms with Gasteiger partial charge in [-0.1, -0.05) is 6.92 Å². The summed E-state index contributed by atoms with van der Waals surface area (Å²) in [5, 5.41) is 10.9. The molecule has 0 radical (unpaired) electrons. The van der Waals surface area contributed by atoms with Crippen LogP contribution in [0, 0.1) is 5.41 Å². The third kappa shape index (κ3) is 1.56. The lowest BCUT2D eigenvalue weighted by Gasteiger charge is -2.45. The molecule has 2 N–H and O–H groups in total. The smallest absolute Gasteiger partial charge is 0.312 e. The number of rotatable bonds is 2. The zero-order valence-corrected chi connectivity index (χ0v) is 11.0. The summed E-state index contributed by atoms with van der Waals surface area (Å²) < 4.78 is 0. The molecular weight excluding hydrogens is 228 g/mol. The van der Waals surface area contributed by atoms with Crippen molar-refractivity contribution >= 4 is 11.9 Å². The Balaban J connectivity index is 1.87. The first-order chi connectivity index (χ1) is 8.67. The summed E-state index contributed by atoms with van der Waals surface area (Å²) in [6, 6.07) is 0.513. The van der Waals surface area contributed by atoms with Crippen LogP contribution < -0.4 is 5.32 Å². The highest BCUT2D eigenvalue weighted by atomic mass is 16.2. The summed E-state index contributed by atoms with van der Waals surface area (Å²) in [6.45, 7) is 5.08. The molecule has 3 rings (SSSR count). The van der Waals surface area contributed by atoms with E-state index >= 15 is 0 Å². The number of fused-ring (bicyclic) bond motifs is 1. The van der Waals surface area contributed by atoms with Crippen molar-refractivity contribution in [1.82, 2.24) is 15.1 Å². The van der Waals surface area contributed by atoms with E-state index in [1.165, 1.54) is 19.4 Å². The number of hydrogen-bond donors (Lipinski definition) is 2. The maximum absolute atomic E-state index is 12.0. The molecule has 0 aromatic carbocycles. The second-order valence-electron chi connectivity index (χ2n) is 5.77. The number of hydrogen-bond acceptors (Lipinski definition) is 3. The van der Waals surface area contributed by atoms with Gasteiger partial charge in [0.05, 0.1) is 0 Å². The minimum absolute atomic E-state index is 0.0618. The Kier molecular flexibility index (Phi) is 2.81. The molecule has 0 aromatic heterocycles. The van der Waals surface area contributed by atoms with Crippen LogP contribution >= 0.6 is 0 Å². The lowest BCUT2D eigenvalue weighted by molar-refractivity contribution is 0.0826. The number of nitrogens with zero attached hydrogens (tertiary/aromatic N) is 2. The quantitative estimate of drug-likeness (QED) is 0.778. The molecule has 3 fully saturated rings. The van der Waals surface area contributed by atoms with Crippen molar-refractivity contribution < 1.29 is 4.79 Å². The average Bonchev–Trinajstić information content (AvgIpc) is 2.89. The van der Waals surface area contributed by atoms with Crippen LogP contribution in [0.5, 0.6) is 0 Å². The van der Waals surface area contributed by atoms with Gasteiger partial charge >= 0.3 is 6.03 Å². The van der Waals surface area contributed by atoms with Crippen molar-refractivity contribution in [2.75, 3.05) is 19.6 Å². The number of amidine groups is 1. The summed E-state index contributed by atoms with van der Waals surface area (Å²) in [7, 11) is 0. The van der Waals surface area contributed by atoms with E-state index in [-0.39, 0.29) is 11.6 Å². The molecule has 3 aliphatic rings. The molecule has 0 aliphatic carbocycles. The molecule has 0 aromatic rings. The summed E-state index contributed by atoms with van der Waals surface area (Å²) in [5.74, 6) is 0.438. The first-order valence-corrected chi connectivity index (χ1v) is 7.09. The highest BCUT2D eigenvalue weighted by molar-refractivity contribution is 6.08. The Labute approximate surface area is 108 Å². The van der Waals surface area contributed by atoms with Crippen LogP contribution in [0.3, 0.4) is 0 Å². The SMILES string of the molecule is CCCN1C(=O)NC(=N)C12CCN1CCCC1C2. The minimum Gasteiger partial charge on any atom is -0.312 e. The standard InChI is InChI=1S/C13H22N4O/c1-2-6-17-12(18)15-11(14)13(17)5-8-16-7-3-4-10(16)9-13/h10H,2-9H2,1H3,(H2,14,15,18). The zero-order chi connectivity index (χ0) is 12.8. The average molecular weight is 250 g/mol. The number of nitrogens with one attached hydrogen (secondary N) is 2. The lowest BCUT2D eigenvalue weighted by Crippen LogP contribution is -2.58. The largest absolute Gasteiger partial charge is 0.323 e. The topological polar surface area (TPSA) is 59.4 Å². The van der Waals surface area contributed by atoms with Crippen molar-refractivity contribution in [2.24, 2.45) is 0 Å². The highest BCUT2D eigenvalue weighted by Crippen LogP contribution is 2.39. The fourth-order valence-electron chi connectivity index (χ4n) is 3.87. The molecule has 3 aliphatic heterocycles. The maximum atomic E-state index is 12.0. The van der Waals surface area contributed by atoms with Gasteiger partial charge in [-0.2, -0.15) is 0 Å². The number of carbonyl (C=O) groups excluding carboxylic acids is 1. The van der Waals surface area contributed by atoms with Crippen molar-refractivity contribution in [3.05, 3.63) is 0 Å². The molecule has 2 amide bonds. The van der Waals surface area contributed by atoms with E-state index in [0.29, 0.717) is 11.9 Å². The summed E-state index contributed by atoms with van der Waals surface area (Å²) in [5.41, 5.74) is -0.321. The predicted octanol–water partition coefficient (Wildman–Crippen LogP) is 1.40. The van der Waals surface area contributed by atoms with Gasteiger partial charge in [0, 0.05) is 19.1 Å². The Bertz CT molecular complexity index is 383. The van der Waals surface area contributed by atoms with Crippen molar-refractivity contribution in [3.8, 4) is 0 Å². The van der Waals surface area contributed by atoms with Crippen molar-refractivity contribution in [1.29, 1.82) is 5.41 Å². The Hall–Kier alpha value is -1.10. The monoisotopic (exact) mass is 250 g/mol. The third-order valence-electron chi connectivity index (χ3n) is 4.79. The Morgan fingerprint density at radius 1 is 1.50 bits per heavy atom. The fraction of sp³-hybridized carbons (Fsp3) is 0.846. The van der Waals surface area contributed by atoms with E-state index in [2.05, 4.69) is 17.1 Å².